The van der Waals surface area contributed by atoms with E-state index in [4.69, 9.17) is 14.8 Å². The molecule has 7 heteroatoms. The highest BCUT2D eigenvalue weighted by atomic mass is 32.1. The number of aliphatic hydroxyl groups is 1. The average Bonchev–Trinajstić information content (AvgIpc) is 3.17. The highest BCUT2D eigenvalue weighted by Crippen LogP contribution is 2.37. The molecule has 0 aliphatic heterocycles. The van der Waals surface area contributed by atoms with Crippen molar-refractivity contribution in [3.05, 3.63) is 69.7 Å². The van der Waals surface area contributed by atoms with E-state index in [-0.39, 0.29) is 12.2 Å². The van der Waals surface area contributed by atoms with Crippen molar-refractivity contribution < 1.29 is 18.6 Å². The number of thiazole rings is 1. The normalized spacial score (nSPS) is 11.9. The highest BCUT2D eigenvalue weighted by Gasteiger charge is 2.24. The molecule has 3 rings (SSSR count). The molecule has 172 valence electrons. The zero-order valence-corrected chi connectivity index (χ0v) is 20.7. The largest absolute Gasteiger partial charge is 0.491 e. The van der Waals surface area contributed by atoms with Crippen LogP contribution < -0.4 is 4.74 Å². The molecule has 0 bridgehead atoms. The second-order valence-corrected chi connectivity index (χ2v) is 10.0. The summed E-state index contributed by atoms with van der Waals surface area (Å²) < 4.78 is 32.5. The number of alkyl halides is 2. The molecule has 3 nitrogen and oxygen atoms in total. The van der Waals surface area contributed by atoms with Crippen LogP contribution in [0.3, 0.4) is 0 Å². The van der Waals surface area contributed by atoms with Crippen molar-refractivity contribution in [3.8, 4) is 16.3 Å². The SMILES string of the molecule is Cc1cc(CCCc2sc(-c3ccc(C(F)(F)P)cc3)nc2C(C)C)ccc1OCCO. The summed E-state index contributed by atoms with van der Waals surface area (Å²) in [4.78, 5) is 6.10. The van der Waals surface area contributed by atoms with Gasteiger partial charge in [-0.1, -0.05) is 59.5 Å². The fraction of sp³-hybridized carbons (Fsp3) is 0.400. The quantitative estimate of drug-likeness (QED) is 0.330. The summed E-state index contributed by atoms with van der Waals surface area (Å²) in [5.41, 5.74) is 1.35. The topological polar surface area (TPSA) is 42.4 Å². The molecule has 1 aromatic heterocycles. The van der Waals surface area contributed by atoms with Gasteiger partial charge in [-0.3, -0.25) is 0 Å². The maximum absolute atomic E-state index is 13.5. The third-order valence-electron chi connectivity index (χ3n) is 5.25. The number of aromatic nitrogens is 1. The van der Waals surface area contributed by atoms with Gasteiger partial charge in [-0.2, -0.15) is 8.78 Å². The van der Waals surface area contributed by atoms with Crippen LogP contribution in [0.4, 0.5) is 8.78 Å². The number of nitrogens with zero attached hydrogens (tertiary/aromatic N) is 1. The van der Waals surface area contributed by atoms with Crippen LogP contribution in [0.2, 0.25) is 0 Å². The number of rotatable bonds is 10. The van der Waals surface area contributed by atoms with Crippen molar-refractivity contribution in [1.82, 2.24) is 4.98 Å². The molecule has 3 aromatic rings. The Kier molecular flexibility index (Phi) is 8.37. The predicted octanol–water partition coefficient (Wildman–Crippen LogP) is 6.71. The Hall–Kier alpha value is -1.88. The number of ether oxygens (including phenoxy) is 1. The van der Waals surface area contributed by atoms with E-state index >= 15 is 0 Å². The van der Waals surface area contributed by atoms with Gasteiger partial charge >= 0.3 is 0 Å². The minimum Gasteiger partial charge on any atom is -0.491 e. The zero-order valence-electron chi connectivity index (χ0n) is 18.7. The predicted molar refractivity (Wildman–Crippen MR) is 131 cm³/mol. The van der Waals surface area contributed by atoms with E-state index in [2.05, 4.69) is 26.0 Å². The number of hydrogen-bond donors (Lipinski definition) is 1. The smallest absolute Gasteiger partial charge is 0.283 e. The maximum atomic E-state index is 13.5. The van der Waals surface area contributed by atoms with E-state index in [9.17, 15) is 8.78 Å². The Balaban J connectivity index is 1.69. The minimum absolute atomic E-state index is 0.00447. The number of aryl methyl sites for hydroxylation is 3. The fourth-order valence-electron chi connectivity index (χ4n) is 3.59. The number of benzene rings is 2. The zero-order chi connectivity index (χ0) is 23.3. The Morgan fingerprint density at radius 2 is 1.84 bits per heavy atom. The van der Waals surface area contributed by atoms with E-state index in [1.165, 1.54) is 22.6 Å². The number of hydrogen-bond acceptors (Lipinski definition) is 4. The van der Waals surface area contributed by atoms with Gasteiger partial charge in [0.1, 0.15) is 17.4 Å². The molecule has 1 N–H and O–H groups in total. The van der Waals surface area contributed by atoms with Crippen molar-refractivity contribution in [2.45, 2.75) is 51.6 Å². The van der Waals surface area contributed by atoms with Crippen molar-refractivity contribution >= 4 is 20.6 Å². The standard InChI is InChI=1S/C25H30F2NO2PS/c1-16(2)23-22(6-4-5-18-7-12-21(17(3)15-18)30-14-13-29)32-24(28-23)19-8-10-20(11-9-19)25(26,27)31/h7-12,15-16,29H,4-6,13-14,31H2,1-3H3. The first-order valence-electron chi connectivity index (χ1n) is 10.8. The molecule has 32 heavy (non-hydrogen) atoms. The van der Waals surface area contributed by atoms with E-state index in [1.54, 1.807) is 32.7 Å². The lowest BCUT2D eigenvalue weighted by Crippen LogP contribution is -2.03. The summed E-state index contributed by atoms with van der Waals surface area (Å²) in [7, 11) is 1.58. The van der Waals surface area contributed by atoms with Crippen LogP contribution in [0, 0.1) is 6.92 Å². The molecule has 1 unspecified atom stereocenters. The van der Waals surface area contributed by atoms with Gasteiger partial charge in [-0.25, -0.2) is 4.98 Å². The van der Waals surface area contributed by atoms with Gasteiger partial charge in [-0.05, 0) is 49.3 Å². The number of halogens is 2. The van der Waals surface area contributed by atoms with Crippen LogP contribution >= 0.6 is 20.6 Å². The minimum atomic E-state index is -2.92. The molecule has 0 radical (unpaired) electrons. The lowest BCUT2D eigenvalue weighted by Gasteiger charge is -2.10. The van der Waals surface area contributed by atoms with Gasteiger partial charge in [-0.15, -0.1) is 11.3 Å². The van der Waals surface area contributed by atoms with Crippen LogP contribution in [-0.2, 0) is 18.5 Å². The van der Waals surface area contributed by atoms with E-state index in [0.29, 0.717) is 12.5 Å². The lowest BCUT2D eigenvalue weighted by molar-refractivity contribution is 0.104. The first kappa shape index (κ1) is 24.8. The van der Waals surface area contributed by atoms with Crippen LogP contribution in [0.25, 0.3) is 10.6 Å². The van der Waals surface area contributed by atoms with Crippen LogP contribution in [-0.4, -0.2) is 23.3 Å². The Morgan fingerprint density at radius 3 is 2.44 bits per heavy atom. The molecule has 1 atom stereocenters. The van der Waals surface area contributed by atoms with Crippen molar-refractivity contribution in [2.24, 2.45) is 0 Å². The molecule has 0 amide bonds. The second-order valence-electron chi connectivity index (χ2n) is 8.21. The third kappa shape index (κ3) is 6.34. The molecule has 2 aromatic carbocycles. The fourth-order valence-corrected chi connectivity index (χ4v) is 5.05. The Labute approximate surface area is 195 Å². The molecule has 0 aliphatic carbocycles. The van der Waals surface area contributed by atoms with E-state index < -0.39 is 5.66 Å². The van der Waals surface area contributed by atoms with Crippen LogP contribution in [0.1, 0.15) is 53.4 Å². The van der Waals surface area contributed by atoms with Gasteiger partial charge in [0, 0.05) is 16.0 Å². The monoisotopic (exact) mass is 477 g/mol. The van der Waals surface area contributed by atoms with Gasteiger partial charge in [0.2, 0.25) is 0 Å². The van der Waals surface area contributed by atoms with Gasteiger partial charge in [0.25, 0.3) is 5.66 Å². The Bertz CT molecular complexity index is 1030. The first-order chi connectivity index (χ1) is 15.2. The van der Waals surface area contributed by atoms with Crippen LogP contribution in [0.15, 0.2) is 42.5 Å². The molecular weight excluding hydrogens is 447 g/mol. The molecule has 0 saturated heterocycles. The highest BCUT2D eigenvalue weighted by molar-refractivity contribution is 7.17. The van der Waals surface area contributed by atoms with Crippen molar-refractivity contribution in [3.63, 3.8) is 0 Å². The number of aliphatic hydroxyl groups excluding tert-OH is 1. The summed E-state index contributed by atoms with van der Waals surface area (Å²) in [6, 6.07) is 12.6. The molecule has 0 spiro atoms. The van der Waals surface area contributed by atoms with Gasteiger partial charge < -0.3 is 9.84 Å². The van der Waals surface area contributed by atoms with Gasteiger partial charge in [0.15, 0.2) is 0 Å². The van der Waals surface area contributed by atoms with Crippen molar-refractivity contribution in [1.29, 1.82) is 0 Å². The van der Waals surface area contributed by atoms with E-state index in [0.717, 1.165) is 46.8 Å². The molecule has 0 saturated carbocycles. The third-order valence-corrected chi connectivity index (χ3v) is 6.76. The summed E-state index contributed by atoms with van der Waals surface area (Å²) in [6.07, 6.45) is 2.87. The second kappa shape index (κ2) is 10.8. The first-order valence-corrected chi connectivity index (χ1v) is 12.2. The summed E-state index contributed by atoms with van der Waals surface area (Å²) in [6.45, 7) is 6.59. The maximum Gasteiger partial charge on any atom is 0.283 e. The van der Waals surface area contributed by atoms with E-state index in [1.807, 2.05) is 13.0 Å². The summed E-state index contributed by atoms with van der Waals surface area (Å²) in [5, 5.41) is 9.80. The molecular formula is C25H30F2NO2PS. The Morgan fingerprint density at radius 1 is 1.12 bits per heavy atom. The van der Waals surface area contributed by atoms with Crippen molar-refractivity contribution in [2.75, 3.05) is 13.2 Å². The molecule has 0 fully saturated rings. The molecule has 0 aliphatic rings. The summed E-state index contributed by atoms with van der Waals surface area (Å²) >= 11 is 1.66. The van der Waals surface area contributed by atoms with Gasteiger partial charge in [0.05, 0.1) is 12.3 Å². The molecule has 1 heterocycles. The summed E-state index contributed by atoms with van der Waals surface area (Å²) in [5.74, 6) is 1.11. The lowest BCUT2D eigenvalue weighted by atomic mass is 10.0. The average molecular weight is 478 g/mol. The van der Waals surface area contributed by atoms with Crippen LogP contribution in [0.5, 0.6) is 5.75 Å².